The molecule has 0 radical (unpaired) electrons. The lowest BCUT2D eigenvalue weighted by Crippen LogP contribution is -2.66. The second kappa shape index (κ2) is 9.18. The van der Waals surface area contributed by atoms with E-state index in [0.717, 1.165) is 25.9 Å². The van der Waals surface area contributed by atoms with Gasteiger partial charge in [0, 0.05) is 49.3 Å². The van der Waals surface area contributed by atoms with Crippen molar-refractivity contribution in [3.63, 3.8) is 0 Å². The number of rotatable bonds is 7. The molecule has 35 heavy (non-hydrogen) atoms. The van der Waals surface area contributed by atoms with Gasteiger partial charge in [-0.05, 0) is 29.3 Å². The molecule has 8 nitrogen and oxygen atoms in total. The van der Waals surface area contributed by atoms with Gasteiger partial charge in [0.1, 0.15) is 18.7 Å². The van der Waals surface area contributed by atoms with Gasteiger partial charge in [-0.15, -0.1) is 0 Å². The Kier molecular flexibility index (Phi) is 6.35. The Morgan fingerprint density at radius 1 is 1.29 bits per heavy atom. The summed E-state index contributed by atoms with van der Waals surface area (Å²) in [6.45, 7) is 2.25. The molecule has 2 aromatic heterocycles. The van der Waals surface area contributed by atoms with Gasteiger partial charge in [-0.2, -0.15) is 11.3 Å². The first-order valence-corrected chi connectivity index (χ1v) is 12.9. The highest BCUT2D eigenvalue weighted by atomic mass is 32.1. The number of ether oxygens (including phenoxy) is 1. The van der Waals surface area contributed by atoms with E-state index in [1.165, 1.54) is 17.7 Å². The number of esters is 1. The van der Waals surface area contributed by atoms with Gasteiger partial charge in [0.15, 0.2) is 18.2 Å². The van der Waals surface area contributed by atoms with E-state index in [4.69, 9.17) is 4.74 Å². The highest BCUT2D eigenvalue weighted by Crippen LogP contribution is 2.49. The van der Waals surface area contributed by atoms with Crippen LogP contribution in [-0.4, -0.2) is 69.6 Å². The molecule has 0 spiro atoms. The number of anilines is 1. The van der Waals surface area contributed by atoms with Crippen LogP contribution in [0.5, 0.6) is 0 Å². The number of fused-ring (bicyclic) bond motifs is 3. The van der Waals surface area contributed by atoms with Crippen molar-refractivity contribution in [2.24, 2.45) is 11.8 Å². The first kappa shape index (κ1) is 24.2. The molecule has 1 aliphatic carbocycles. The fraction of sp³-hybridized carbons (Fsp3) is 0.583. The zero-order valence-corrected chi connectivity index (χ0v) is 20.1. The maximum atomic E-state index is 14.0. The summed E-state index contributed by atoms with van der Waals surface area (Å²) >= 11 is 1.30. The number of piperidine rings is 3. The van der Waals surface area contributed by atoms with Crippen molar-refractivity contribution in [3.8, 4) is 0 Å². The van der Waals surface area contributed by atoms with E-state index in [1.807, 2.05) is 0 Å². The normalized spacial score (nSPS) is 31.0. The van der Waals surface area contributed by atoms with E-state index in [9.17, 15) is 23.5 Å². The summed E-state index contributed by atoms with van der Waals surface area (Å²) < 4.78 is 34.5. The monoisotopic (exact) mass is 507 g/mol. The Morgan fingerprint density at radius 2 is 2.09 bits per heavy atom. The molecule has 6 rings (SSSR count). The quantitative estimate of drug-likeness (QED) is 0.442. The minimum atomic E-state index is -2.91. The van der Waals surface area contributed by atoms with E-state index in [0.29, 0.717) is 22.4 Å². The van der Waals surface area contributed by atoms with Gasteiger partial charge >= 0.3 is 5.97 Å². The first-order valence-electron chi connectivity index (χ1n) is 11.9. The summed E-state index contributed by atoms with van der Waals surface area (Å²) in [6.07, 6.45) is 3.14. The summed E-state index contributed by atoms with van der Waals surface area (Å²) in [5.74, 6) is -4.31. The van der Waals surface area contributed by atoms with Crippen molar-refractivity contribution in [1.82, 2.24) is 9.97 Å². The third-order valence-electron chi connectivity index (χ3n) is 7.90. The number of alkyl halides is 2. The molecular weight excluding hydrogens is 478 g/mol. The third-order valence-corrected chi connectivity index (χ3v) is 8.58. The number of hydrogen-bond donors (Lipinski definition) is 2. The number of aliphatic hydroxyl groups is 1. The Labute approximate surface area is 205 Å². The summed E-state index contributed by atoms with van der Waals surface area (Å²) in [7, 11) is 0. The predicted molar refractivity (Wildman–Crippen MR) is 123 cm³/mol. The maximum absolute atomic E-state index is 14.0. The van der Waals surface area contributed by atoms with Crippen LogP contribution in [0.4, 0.5) is 14.6 Å². The van der Waals surface area contributed by atoms with Crippen LogP contribution in [0.2, 0.25) is 0 Å². The molecule has 3 aliphatic heterocycles. The molecule has 2 bridgehead atoms. The second-order valence-corrected chi connectivity index (χ2v) is 10.9. The van der Waals surface area contributed by atoms with Crippen molar-refractivity contribution >= 4 is 29.0 Å². The topological polar surface area (TPSA) is 101 Å². The average molecular weight is 508 g/mol. The summed E-state index contributed by atoms with van der Waals surface area (Å²) in [5.41, 5.74) is -1.80. The Hall–Kier alpha value is -2.50. The SMILES string of the molecule is O=C(C[N+]12CCC(CC1)C(OC(=O)[C@](O)(c1ccsc1)C1CCC(F)(F)C1)C2)Nc1ccncn1. The number of carbonyl (C=O) groups is 2. The molecule has 2 aromatic rings. The first-order chi connectivity index (χ1) is 16.7. The van der Waals surface area contributed by atoms with E-state index in [-0.39, 0.29) is 31.2 Å². The number of hydrogen-bond acceptors (Lipinski definition) is 7. The highest BCUT2D eigenvalue weighted by molar-refractivity contribution is 7.08. The fourth-order valence-electron chi connectivity index (χ4n) is 5.96. The Morgan fingerprint density at radius 3 is 2.71 bits per heavy atom. The lowest BCUT2D eigenvalue weighted by molar-refractivity contribution is -0.939. The van der Waals surface area contributed by atoms with Crippen LogP contribution in [0.15, 0.2) is 35.4 Å². The average Bonchev–Trinajstić information content (AvgIpc) is 3.50. The lowest BCUT2D eigenvalue weighted by atomic mass is 9.80. The minimum Gasteiger partial charge on any atom is -0.454 e. The van der Waals surface area contributed by atoms with Gasteiger partial charge in [-0.1, -0.05) is 0 Å². The molecule has 5 heterocycles. The van der Waals surface area contributed by atoms with Crippen LogP contribution < -0.4 is 5.32 Å². The van der Waals surface area contributed by atoms with Crippen LogP contribution in [0.1, 0.15) is 37.7 Å². The van der Waals surface area contributed by atoms with Crippen LogP contribution in [0.25, 0.3) is 0 Å². The van der Waals surface area contributed by atoms with Crippen molar-refractivity contribution in [3.05, 3.63) is 41.0 Å². The van der Waals surface area contributed by atoms with Gasteiger partial charge in [0.2, 0.25) is 5.92 Å². The van der Waals surface area contributed by atoms with Gasteiger partial charge in [-0.3, -0.25) is 4.79 Å². The number of amides is 1. The van der Waals surface area contributed by atoms with E-state index >= 15 is 0 Å². The molecular formula is C24H29F2N4O4S+. The number of carbonyl (C=O) groups excluding carboxylic acids is 2. The van der Waals surface area contributed by atoms with Crippen molar-refractivity contribution in [2.75, 3.05) is 31.5 Å². The van der Waals surface area contributed by atoms with Crippen LogP contribution in [0, 0.1) is 11.8 Å². The molecule has 3 atom stereocenters. The molecule has 4 aliphatic rings. The molecule has 11 heteroatoms. The van der Waals surface area contributed by atoms with Gasteiger partial charge in [0.25, 0.3) is 5.91 Å². The van der Waals surface area contributed by atoms with Crippen molar-refractivity contribution < 1.29 is 32.7 Å². The number of quaternary nitrogens is 1. The minimum absolute atomic E-state index is 0.0474. The third kappa shape index (κ3) is 4.81. The van der Waals surface area contributed by atoms with Gasteiger partial charge in [-0.25, -0.2) is 23.5 Å². The summed E-state index contributed by atoms with van der Waals surface area (Å²) in [5, 5.41) is 17.7. The smallest absolute Gasteiger partial charge is 0.343 e. The highest BCUT2D eigenvalue weighted by Gasteiger charge is 2.56. The molecule has 2 N–H and O–H groups in total. The molecule has 1 amide bonds. The maximum Gasteiger partial charge on any atom is 0.343 e. The van der Waals surface area contributed by atoms with Gasteiger partial charge in [0.05, 0.1) is 13.1 Å². The number of nitrogens with one attached hydrogen (secondary N) is 1. The Balaban J connectivity index is 1.30. The van der Waals surface area contributed by atoms with Crippen LogP contribution in [0.3, 0.4) is 0 Å². The lowest BCUT2D eigenvalue weighted by Gasteiger charge is -2.51. The number of thiophene rings is 1. The molecule has 4 fully saturated rings. The van der Waals surface area contributed by atoms with Crippen molar-refractivity contribution in [2.45, 2.75) is 49.7 Å². The van der Waals surface area contributed by atoms with E-state index in [1.54, 1.807) is 29.1 Å². The molecule has 1 saturated carbocycles. The van der Waals surface area contributed by atoms with Gasteiger partial charge < -0.3 is 19.6 Å². The number of halogens is 2. The fourth-order valence-corrected chi connectivity index (χ4v) is 6.67. The number of aromatic nitrogens is 2. The molecule has 188 valence electrons. The largest absolute Gasteiger partial charge is 0.454 e. The Bertz CT molecular complexity index is 1060. The summed E-state index contributed by atoms with van der Waals surface area (Å²) in [6, 6.07) is 3.22. The van der Waals surface area contributed by atoms with E-state index < -0.39 is 35.9 Å². The van der Waals surface area contributed by atoms with E-state index in [2.05, 4.69) is 15.3 Å². The molecule has 2 unspecified atom stereocenters. The molecule has 3 saturated heterocycles. The summed E-state index contributed by atoms with van der Waals surface area (Å²) in [4.78, 5) is 34.1. The second-order valence-electron chi connectivity index (χ2n) is 10.1. The number of nitrogens with zero attached hydrogens (tertiary/aromatic N) is 3. The van der Waals surface area contributed by atoms with Crippen LogP contribution in [-0.2, 0) is 19.9 Å². The predicted octanol–water partition coefficient (Wildman–Crippen LogP) is 2.95. The zero-order chi connectivity index (χ0) is 24.7. The van der Waals surface area contributed by atoms with Crippen molar-refractivity contribution in [1.29, 1.82) is 0 Å². The van der Waals surface area contributed by atoms with Crippen LogP contribution >= 0.6 is 11.3 Å². The standard InChI is InChI=1S/C24H28F2N4O4S/c25-23(26)6-1-17(11-23)24(33,18-5-10-35-14-18)22(32)34-19-12-30(8-3-16(19)4-9-30)13-21(31)29-20-2-7-27-15-28-20/h2,5,7,10,14-17,19,33H,1,3-4,6,8-9,11-13H2/p+1/t16?,17?,19?,24-,30?/m1/s1. The zero-order valence-electron chi connectivity index (χ0n) is 19.2. The molecule has 0 aromatic carbocycles.